The Morgan fingerprint density at radius 1 is 1.13 bits per heavy atom. The quantitative estimate of drug-likeness (QED) is 0.300. The molecule has 0 radical (unpaired) electrons. The summed E-state index contributed by atoms with van der Waals surface area (Å²) in [6.45, 7) is 3.30. The number of pyridine rings is 1. The zero-order valence-corrected chi connectivity index (χ0v) is 20.2. The fraction of sp³-hybridized carbons (Fsp3) is 0.200. The highest BCUT2D eigenvalue weighted by molar-refractivity contribution is 5.84. The second-order valence-corrected chi connectivity index (χ2v) is 8.52. The Labute approximate surface area is 213 Å². The Hall–Kier alpha value is -4.83. The summed E-state index contributed by atoms with van der Waals surface area (Å²) in [4.78, 5) is 8.98. The summed E-state index contributed by atoms with van der Waals surface area (Å²) in [7, 11) is 0. The minimum Gasteiger partial charge on any atom is -0.396 e. The number of nitrogens with zero attached hydrogens (tertiary/aromatic N) is 7. The lowest BCUT2D eigenvalue weighted by Crippen LogP contribution is -2.10. The van der Waals surface area contributed by atoms with Crippen LogP contribution in [-0.2, 0) is 12.6 Å². The Morgan fingerprint density at radius 2 is 1.95 bits per heavy atom. The van der Waals surface area contributed by atoms with E-state index in [9.17, 15) is 23.5 Å². The normalized spacial score (nSPS) is 11.6. The average molecular weight is 519 g/mol. The van der Waals surface area contributed by atoms with E-state index in [1.54, 1.807) is 32.0 Å². The first-order valence-corrected chi connectivity index (χ1v) is 11.4. The maximum atomic E-state index is 14.1. The van der Waals surface area contributed by atoms with E-state index in [1.165, 1.54) is 23.0 Å². The molecule has 1 aromatic carbocycles. The van der Waals surface area contributed by atoms with E-state index in [-0.39, 0.29) is 41.6 Å². The minimum atomic E-state index is -4.68. The van der Waals surface area contributed by atoms with Gasteiger partial charge in [0, 0.05) is 12.3 Å². The first kappa shape index (κ1) is 24.8. The van der Waals surface area contributed by atoms with Crippen molar-refractivity contribution in [3.05, 3.63) is 70.9 Å². The lowest BCUT2D eigenvalue weighted by atomic mass is 10.0. The van der Waals surface area contributed by atoms with Crippen LogP contribution < -0.4 is 5.32 Å². The summed E-state index contributed by atoms with van der Waals surface area (Å²) in [6.07, 6.45) is -3.04. The van der Waals surface area contributed by atoms with Crippen molar-refractivity contribution in [3.63, 3.8) is 0 Å². The SMILES string of the molecule is Cc1ccc(Nc2cc3ncn(-c4ccc(CCO)c(-c5c(C#N)n[nH]c5C)n4)c3cc2C(F)(F)F)nn1. The topological polar surface area (TPSA) is 141 Å². The Balaban J connectivity index is 1.66. The second-order valence-electron chi connectivity index (χ2n) is 8.52. The Morgan fingerprint density at radius 3 is 2.63 bits per heavy atom. The molecule has 4 aromatic heterocycles. The van der Waals surface area contributed by atoms with Gasteiger partial charge in [-0.15, -0.1) is 5.10 Å². The maximum Gasteiger partial charge on any atom is 0.418 e. The molecule has 10 nitrogen and oxygen atoms in total. The van der Waals surface area contributed by atoms with E-state index in [0.29, 0.717) is 33.7 Å². The molecule has 0 amide bonds. The molecule has 3 N–H and O–H groups in total. The molecule has 13 heteroatoms. The van der Waals surface area contributed by atoms with E-state index in [2.05, 4.69) is 35.7 Å². The zero-order valence-electron chi connectivity index (χ0n) is 20.2. The maximum absolute atomic E-state index is 14.1. The van der Waals surface area contributed by atoms with Crippen LogP contribution in [0.15, 0.2) is 42.7 Å². The zero-order chi connectivity index (χ0) is 27.0. The van der Waals surface area contributed by atoms with Gasteiger partial charge in [-0.1, -0.05) is 6.07 Å². The highest BCUT2D eigenvalue weighted by Crippen LogP contribution is 2.39. The van der Waals surface area contributed by atoms with Gasteiger partial charge in [0.2, 0.25) is 0 Å². The number of benzene rings is 1. The van der Waals surface area contributed by atoms with Crippen LogP contribution in [0.3, 0.4) is 0 Å². The molecule has 0 atom stereocenters. The van der Waals surface area contributed by atoms with Crippen molar-refractivity contribution in [1.82, 2.24) is 34.9 Å². The van der Waals surface area contributed by atoms with Gasteiger partial charge in [0.1, 0.15) is 18.2 Å². The number of hydrogen-bond acceptors (Lipinski definition) is 8. The van der Waals surface area contributed by atoms with Crippen LogP contribution in [0, 0.1) is 25.2 Å². The molecular weight excluding hydrogens is 499 g/mol. The van der Waals surface area contributed by atoms with E-state index in [4.69, 9.17) is 0 Å². The van der Waals surface area contributed by atoms with Crippen LogP contribution >= 0.6 is 0 Å². The smallest absolute Gasteiger partial charge is 0.396 e. The number of anilines is 2. The number of hydrogen-bond donors (Lipinski definition) is 3. The number of alkyl halides is 3. The van der Waals surface area contributed by atoms with Gasteiger partial charge in [-0.05, 0) is 56.2 Å². The molecule has 0 saturated heterocycles. The number of aromatic nitrogens is 7. The average Bonchev–Trinajstić information content (AvgIpc) is 3.47. The summed E-state index contributed by atoms with van der Waals surface area (Å²) >= 11 is 0. The largest absolute Gasteiger partial charge is 0.418 e. The molecule has 0 fully saturated rings. The summed E-state index contributed by atoms with van der Waals surface area (Å²) in [5, 5.41) is 36.3. The van der Waals surface area contributed by atoms with Gasteiger partial charge in [-0.3, -0.25) is 9.67 Å². The number of aliphatic hydroxyl groups is 1. The number of aliphatic hydroxyl groups excluding tert-OH is 1. The van der Waals surface area contributed by atoms with E-state index in [1.807, 2.05) is 6.07 Å². The third kappa shape index (κ3) is 4.53. The van der Waals surface area contributed by atoms with Gasteiger partial charge < -0.3 is 10.4 Å². The number of halogens is 3. The summed E-state index contributed by atoms with van der Waals surface area (Å²) in [6, 6.07) is 10.8. The van der Waals surface area contributed by atoms with Crippen LogP contribution in [0.2, 0.25) is 0 Å². The molecule has 0 aliphatic carbocycles. The van der Waals surface area contributed by atoms with Crippen molar-refractivity contribution in [1.29, 1.82) is 5.26 Å². The molecule has 38 heavy (non-hydrogen) atoms. The molecule has 5 rings (SSSR count). The molecule has 5 aromatic rings. The molecular formula is C25H20F3N9O. The number of aryl methyl sites for hydroxylation is 2. The van der Waals surface area contributed by atoms with Crippen molar-refractivity contribution < 1.29 is 18.3 Å². The number of fused-ring (bicyclic) bond motifs is 1. The third-order valence-corrected chi connectivity index (χ3v) is 5.93. The van der Waals surface area contributed by atoms with Crippen molar-refractivity contribution in [2.45, 2.75) is 26.4 Å². The van der Waals surface area contributed by atoms with Crippen molar-refractivity contribution in [2.24, 2.45) is 0 Å². The number of nitrogens with one attached hydrogen (secondary N) is 2. The highest BCUT2D eigenvalue weighted by Gasteiger charge is 2.35. The van der Waals surface area contributed by atoms with Gasteiger partial charge in [0.15, 0.2) is 11.5 Å². The number of imidazole rings is 1. The number of aromatic amines is 1. The van der Waals surface area contributed by atoms with Gasteiger partial charge >= 0.3 is 6.18 Å². The lowest BCUT2D eigenvalue weighted by Gasteiger charge is -2.15. The summed E-state index contributed by atoms with van der Waals surface area (Å²) < 4.78 is 43.8. The van der Waals surface area contributed by atoms with E-state index >= 15 is 0 Å². The van der Waals surface area contributed by atoms with Gasteiger partial charge in [0.25, 0.3) is 0 Å². The second kappa shape index (κ2) is 9.56. The Bertz CT molecular complexity index is 1680. The van der Waals surface area contributed by atoms with E-state index < -0.39 is 11.7 Å². The van der Waals surface area contributed by atoms with Gasteiger partial charge in [-0.25, -0.2) is 9.97 Å². The first-order valence-electron chi connectivity index (χ1n) is 11.4. The van der Waals surface area contributed by atoms with Crippen LogP contribution in [0.1, 0.15) is 28.2 Å². The number of nitriles is 1. The van der Waals surface area contributed by atoms with Crippen LogP contribution in [0.5, 0.6) is 0 Å². The fourth-order valence-corrected chi connectivity index (χ4v) is 4.13. The monoisotopic (exact) mass is 519 g/mol. The molecule has 0 spiro atoms. The molecule has 0 aliphatic heterocycles. The minimum absolute atomic E-state index is 0.121. The van der Waals surface area contributed by atoms with Crippen molar-refractivity contribution in [3.8, 4) is 23.1 Å². The number of H-pyrrole nitrogens is 1. The Kier molecular flexibility index (Phi) is 6.25. The summed E-state index contributed by atoms with van der Waals surface area (Å²) in [5.74, 6) is 0.446. The third-order valence-electron chi connectivity index (χ3n) is 5.93. The molecule has 192 valence electrons. The lowest BCUT2D eigenvalue weighted by molar-refractivity contribution is -0.136. The number of rotatable bonds is 6. The predicted molar refractivity (Wildman–Crippen MR) is 132 cm³/mol. The molecule has 0 unspecified atom stereocenters. The van der Waals surface area contributed by atoms with E-state index in [0.717, 1.165) is 6.07 Å². The van der Waals surface area contributed by atoms with Crippen LogP contribution in [0.4, 0.5) is 24.7 Å². The molecule has 4 heterocycles. The molecule has 0 saturated carbocycles. The van der Waals surface area contributed by atoms with Gasteiger partial charge in [0.05, 0.1) is 39.2 Å². The molecule has 0 bridgehead atoms. The van der Waals surface area contributed by atoms with Crippen molar-refractivity contribution in [2.75, 3.05) is 11.9 Å². The molecule has 0 aliphatic rings. The standard InChI is InChI=1S/C25H20F3N9O/c1-13-3-5-21(36-33-13)31-17-10-18-20(9-16(17)25(26,27)28)37(12-30-18)22-6-4-15(7-8-38)24(32-22)23-14(2)34-35-19(23)11-29/h3-6,9-10,12,38H,7-8H2,1-2H3,(H,31,36)(H,34,35). The van der Waals surface area contributed by atoms with Crippen LogP contribution in [-0.4, -0.2) is 46.6 Å². The van der Waals surface area contributed by atoms with Crippen molar-refractivity contribution >= 4 is 22.5 Å². The fourth-order valence-electron chi connectivity index (χ4n) is 4.13. The summed E-state index contributed by atoms with van der Waals surface area (Å²) in [5.41, 5.74) is 2.20. The predicted octanol–water partition coefficient (Wildman–Crippen LogP) is 4.39. The highest BCUT2D eigenvalue weighted by atomic mass is 19.4. The van der Waals surface area contributed by atoms with Crippen LogP contribution in [0.25, 0.3) is 28.1 Å². The first-order chi connectivity index (χ1) is 18.2. The van der Waals surface area contributed by atoms with Gasteiger partial charge in [-0.2, -0.15) is 28.6 Å².